The van der Waals surface area contributed by atoms with E-state index in [4.69, 9.17) is 34.8 Å². The van der Waals surface area contributed by atoms with Crippen molar-refractivity contribution in [3.8, 4) is 0 Å². The van der Waals surface area contributed by atoms with Crippen molar-refractivity contribution in [2.45, 2.75) is 11.3 Å². The summed E-state index contributed by atoms with van der Waals surface area (Å²) in [7, 11) is -3.80. The highest BCUT2D eigenvalue weighted by Crippen LogP contribution is 2.32. The third-order valence-corrected chi connectivity index (χ3v) is 6.08. The molecule has 2 aromatic rings. The summed E-state index contributed by atoms with van der Waals surface area (Å²) >= 11 is 21.2. The number of nitrogens with one attached hydrogen (secondary N) is 1. The van der Waals surface area contributed by atoms with Crippen LogP contribution in [0.1, 0.15) is 5.56 Å². The summed E-state index contributed by atoms with van der Waals surface area (Å²) in [6.45, 7) is 0.189. The van der Waals surface area contributed by atoms with Gasteiger partial charge >= 0.3 is 0 Å². The molecule has 0 aliphatic rings. The Hall–Kier alpha value is -0.300. The van der Waals surface area contributed by atoms with Gasteiger partial charge in [-0.1, -0.05) is 68.9 Å². The lowest BCUT2D eigenvalue weighted by molar-refractivity contribution is 0.582. The van der Waals surface area contributed by atoms with E-state index < -0.39 is 10.0 Å². The Balaban J connectivity index is 2.14. The quantitative estimate of drug-likeness (QED) is 0.712. The molecule has 2 aromatic carbocycles. The SMILES string of the molecule is O=S(=O)(NCCc1ccccc1Cl)c1c(Cl)cc(Br)cc1Cl. The van der Waals surface area contributed by atoms with Crippen LogP contribution in [0.15, 0.2) is 45.8 Å². The highest BCUT2D eigenvalue weighted by Gasteiger charge is 2.22. The smallest absolute Gasteiger partial charge is 0.211 e. The molecule has 0 fully saturated rings. The molecule has 0 unspecified atom stereocenters. The molecule has 0 amide bonds. The molecule has 8 heteroatoms. The van der Waals surface area contributed by atoms with Gasteiger partial charge in [0.15, 0.2) is 0 Å². The van der Waals surface area contributed by atoms with Gasteiger partial charge in [-0.2, -0.15) is 0 Å². The van der Waals surface area contributed by atoms with Crippen molar-refractivity contribution in [2.24, 2.45) is 0 Å². The van der Waals surface area contributed by atoms with Crippen LogP contribution in [0.4, 0.5) is 0 Å². The largest absolute Gasteiger partial charge is 0.243 e. The van der Waals surface area contributed by atoms with Crippen LogP contribution >= 0.6 is 50.7 Å². The third kappa shape index (κ3) is 4.37. The molecule has 0 heterocycles. The van der Waals surface area contributed by atoms with Crippen molar-refractivity contribution >= 4 is 60.8 Å². The second-order valence-electron chi connectivity index (χ2n) is 4.44. The van der Waals surface area contributed by atoms with E-state index >= 15 is 0 Å². The van der Waals surface area contributed by atoms with Gasteiger partial charge in [-0.25, -0.2) is 13.1 Å². The molecule has 22 heavy (non-hydrogen) atoms. The van der Waals surface area contributed by atoms with Gasteiger partial charge in [0, 0.05) is 16.0 Å². The van der Waals surface area contributed by atoms with Crippen molar-refractivity contribution in [1.82, 2.24) is 4.72 Å². The zero-order valence-electron chi connectivity index (χ0n) is 11.1. The van der Waals surface area contributed by atoms with Crippen LogP contribution < -0.4 is 4.72 Å². The van der Waals surface area contributed by atoms with Crippen LogP contribution in [-0.4, -0.2) is 15.0 Å². The normalized spacial score (nSPS) is 11.6. The van der Waals surface area contributed by atoms with E-state index in [-0.39, 0.29) is 21.5 Å². The number of benzene rings is 2. The first-order chi connectivity index (χ1) is 10.3. The van der Waals surface area contributed by atoms with Crippen molar-refractivity contribution in [1.29, 1.82) is 0 Å². The average molecular weight is 444 g/mol. The predicted octanol–water partition coefficient (Wildman–Crippen LogP) is 4.93. The summed E-state index contributed by atoms with van der Waals surface area (Å²) in [4.78, 5) is -0.127. The van der Waals surface area contributed by atoms with Crippen LogP contribution in [0.25, 0.3) is 0 Å². The summed E-state index contributed by atoms with van der Waals surface area (Å²) in [5.41, 5.74) is 0.861. The van der Waals surface area contributed by atoms with Crippen LogP contribution in [0, 0.1) is 0 Å². The number of sulfonamides is 1. The Labute approximate surface area is 152 Å². The molecule has 3 nitrogen and oxygen atoms in total. The minimum Gasteiger partial charge on any atom is -0.211 e. The molecule has 0 saturated heterocycles. The molecule has 1 N–H and O–H groups in total. The zero-order valence-corrected chi connectivity index (χ0v) is 15.8. The summed E-state index contributed by atoms with van der Waals surface area (Å²) < 4.78 is 27.8. The van der Waals surface area contributed by atoms with Gasteiger partial charge in [-0.3, -0.25) is 0 Å². The Morgan fingerprint density at radius 2 is 1.59 bits per heavy atom. The number of hydrogen-bond acceptors (Lipinski definition) is 2. The molecule has 2 rings (SSSR count). The second-order valence-corrected chi connectivity index (χ2v) is 8.28. The van der Waals surface area contributed by atoms with Crippen LogP contribution in [0.2, 0.25) is 15.1 Å². The molecule has 0 radical (unpaired) electrons. The monoisotopic (exact) mass is 441 g/mol. The maximum absolute atomic E-state index is 12.3. The fraction of sp³-hybridized carbons (Fsp3) is 0.143. The minimum atomic E-state index is -3.80. The Morgan fingerprint density at radius 3 is 2.18 bits per heavy atom. The standard InChI is InChI=1S/C14H11BrCl3NO2S/c15-10-7-12(17)14(13(18)8-10)22(20,21)19-6-5-9-3-1-2-4-11(9)16/h1-4,7-8,19H,5-6H2. The maximum Gasteiger partial charge on any atom is 0.243 e. The first-order valence-electron chi connectivity index (χ1n) is 6.19. The van der Waals surface area contributed by atoms with Gasteiger partial charge in [0.25, 0.3) is 0 Å². The molecule has 0 aliphatic carbocycles. The van der Waals surface area contributed by atoms with Gasteiger partial charge in [-0.05, 0) is 30.2 Å². The summed E-state index contributed by atoms with van der Waals surface area (Å²) in [6, 6.07) is 10.2. The molecule has 0 aromatic heterocycles. The van der Waals surface area contributed by atoms with Gasteiger partial charge in [-0.15, -0.1) is 0 Å². The summed E-state index contributed by atoms with van der Waals surface area (Å²) in [6.07, 6.45) is 0.463. The predicted molar refractivity (Wildman–Crippen MR) is 94.5 cm³/mol. The van der Waals surface area contributed by atoms with Crippen LogP contribution in [0.3, 0.4) is 0 Å². The average Bonchev–Trinajstić information content (AvgIpc) is 2.39. The topological polar surface area (TPSA) is 46.2 Å². The highest BCUT2D eigenvalue weighted by molar-refractivity contribution is 9.10. The lowest BCUT2D eigenvalue weighted by Crippen LogP contribution is -2.26. The van der Waals surface area contributed by atoms with Crippen LogP contribution in [-0.2, 0) is 16.4 Å². The van der Waals surface area contributed by atoms with Gasteiger partial charge in [0.1, 0.15) is 4.90 Å². The molecule has 0 aliphatic heterocycles. The van der Waals surface area contributed by atoms with E-state index in [1.165, 1.54) is 12.1 Å². The van der Waals surface area contributed by atoms with Crippen molar-refractivity contribution in [3.05, 3.63) is 61.5 Å². The molecule has 118 valence electrons. The van der Waals surface area contributed by atoms with Gasteiger partial charge in [0.2, 0.25) is 10.0 Å². The fourth-order valence-electron chi connectivity index (χ4n) is 1.88. The van der Waals surface area contributed by atoms with Crippen molar-refractivity contribution in [2.75, 3.05) is 6.54 Å². The highest BCUT2D eigenvalue weighted by atomic mass is 79.9. The van der Waals surface area contributed by atoms with E-state index in [0.29, 0.717) is 15.9 Å². The second kappa shape index (κ2) is 7.51. The summed E-state index contributed by atoms with van der Waals surface area (Å²) in [5, 5.41) is 0.718. The lowest BCUT2D eigenvalue weighted by Gasteiger charge is -2.11. The first-order valence-corrected chi connectivity index (χ1v) is 9.60. The van der Waals surface area contributed by atoms with Crippen molar-refractivity contribution < 1.29 is 8.42 Å². The Kier molecular flexibility index (Phi) is 6.16. The fourth-order valence-corrected chi connectivity index (χ4v) is 5.07. The van der Waals surface area contributed by atoms with E-state index in [0.717, 1.165) is 5.56 Å². The molecule has 0 spiro atoms. The van der Waals surface area contributed by atoms with E-state index in [1.54, 1.807) is 6.07 Å². The molecular formula is C14H11BrCl3NO2S. The van der Waals surface area contributed by atoms with Gasteiger partial charge in [0.05, 0.1) is 10.0 Å². The maximum atomic E-state index is 12.3. The van der Waals surface area contributed by atoms with Gasteiger partial charge < -0.3 is 0 Å². The van der Waals surface area contributed by atoms with Crippen molar-refractivity contribution in [3.63, 3.8) is 0 Å². The number of halogens is 4. The summed E-state index contributed by atoms with van der Waals surface area (Å²) in [5.74, 6) is 0. The third-order valence-electron chi connectivity index (χ3n) is 2.88. The molecule has 0 atom stereocenters. The first kappa shape index (κ1) is 18.0. The molecular weight excluding hydrogens is 432 g/mol. The molecule has 0 bridgehead atoms. The van der Waals surface area contributed by atoms with E-state index in [1.807, 2.05) is 18.2 Å². The lowest BCUT2D eigenvalue weighted by atomic mass is 10.1. The number of hydrogen-bond donors (Lipinski definition) is 1. The van der Waals surface area contributed by atoms with Crippen LogP contribution in [0.5, 0.6) is 0 Å². The zero-order chi connectivity index (χ0) is 16.3. The minimum absolute atomic E-state index is 0.0598. The Bertz CT molecular complexity index is 773. The van der Waals surface area contributed by atoms with E-state index in [2.05, 4.69) is 20.7 Å². The van der Waals surface area contributed by atoms with E-state index in [9.17, 15) is 8.42 Å². The number of rotatable bonds is 5. The Morgan fingerprint density at radius 1 is 1.00 bits per heavy atom. The molecule has 0 saturated carbocycles.